The molecule has 0 unspecified atom stereocenters. The van der Waals surface area contributed by atoms with Crippen LogP contribution in [0.5, 0.6) is 0 Å². The van der Waals surface area contributed by atoms with Gasteiger partial charge in [-0.3, -0.25) is 14.5 Å². The molecule has 3 aromatic rings. The third-order valence-corrected chi connectivity index (χ3v) is 10.3. The minimum atomic E-state index is -3.60. The first-order valence-corrected chi connectivity index (χ1v) is 17.8. The Morgan fingerprint density at radius 1 is 1.09 bits per heavy atom. The average molecular weight is 669 g/mol. The van der Waals surface area contributed by atoms with E-state index in [-0.39, 0.29) is 37.9 Å². The summed E-state index contributed by atoms with van der Waals surface area (Å²) >= 11 is 0. The van der Waals surface area contributed by atoms with E-state index in [9.17, 15) is 22.4 Å². The van der Waals surface area contributed by atoms with Gasteiger partial charge >= 0.3 is 0 Å². The number of hydrogen-bond donors (Lipinski definition) is 3. The third kappa shape index (κ3) is 8.07. The van der Waals surface area contributed by atoms with Gasteiger partial charge in [-0.15, -0.1) is 0 Å². The van der Waals surface area contributed by atoms with Crippen LogP contribution in [0.1, 0.15) is 34.3 Å². The molecule has 1 aromatic heterocycles. The number of carbonyl (C=O) groups is 2. The zero-order valence-electron chi connectivity index (χ0n) is 26.6. The molecule has 3 aliphatic heterocycles. The monoisotopic (exact) mass is 668 g/mol. The van der Waals surface area contributed by atoms with Crippen LogP contribution in [-0.2, 0) is 26.1 Å². The molecule has 2 amide bonds. The van der Waals surface area contributed by atoms with Crippen molar-refractivity contribution in [1.29, 1.82) is 0 Å². The van der Waals surface area contributed by atoms with Gasteiger partial charge in [0.15, 0.2) is 5.76 Å². The maximum absolute atomic E-state index is 13.5. The summed E-state index contributed by atoms with van der Waals surface area (Å²) in [5.41, 5.74) is 4.03. The molecule has 0 aliphatic carbocycles. The number of aryl methyl sites for hydroxylation is 1. The number of halogens is 1. The predicted octanol–water partition coefficient (Wildman–Crippen LogP) is 2.10. The highest BCUT2D eigenvalue weighted by Gasteiger charge is 2.40. The fourth-order valence-corrected chi connectivity index (χ4v) is 7.62. The maximum atomic E-state index is 13.5. The molecule has 0 bridgehead atoms. The van der Waals surface area contributed by atoms with Crippen molar-refractivity contribution < 1.29 is 31.6 Å². The molecule has 12 nitrogen and oxygen atoms in total. The molecule has 4 atom stereocenters. The van der Waals surface area contributed by atoms with Crippen molar-refractivity contribution in [3.8, 4) is 22.8 Å². The van der Waals surface area contributed by atoms with E-state index in [1.54, 1.807) is 18.3 Å². The number of oxazole rings is 1. The molecule has 14 heteroatoms. The number of sulfonamides is 1. The summed E-state index contributed by atoms with van der Waals surface area (Å²) in [6.07, 6.45) is 2.11. The first-order chi connectivity index (χ1) is 22.5. The van der Waals surface area contributed by atoms with Gasteiger partial charge in [-0.1, -0.05) is 18.2 Å². The number of carbonyl (C=O) groups excluding carboxylic acids is 2. The molecule has 47 heavy (non-hydrogen) atoms. The minimum absolute atomic E-state index is 0.0738. The minimum Gasteiger partial charge on any atom is -0.436 e. The SMILES string of the molecule is Cc1cc(-c2cnc(-c3ccc(CN4CCOCC4)cc3)o2)ccc1C(=O)NC[C@H]1C[C@@H](NC(=O)[C@@H]2C[C@H](F)CN2)CN1S(C)(=O)=O. The van der Waals surface area contributed by atoms with Crippen molar-refractivity contribution >= 4 is 21.8 Å². The fourth-order valence-electron chi connectivity index (χ4n) is 6.47. The summed E-state index contributed by atoms with van der Waals surface area (Å²) in [5.74, 6) is 0.393. The van der Waals surface area contributed by atoms with E-state index < -0.39 is 34.3 Å². The molecule has 0 spiro atoms. The highest BCUT2D eigenvalue weighted by atomic mass is 32.2. The second-order valence-electron chi connectivity index (χ2n) is 12.6. The number of morpholine rings is 1. The van der Waals surface area contributed by atoms with E-state index in [2.05, 4.69) is 38.0 Å². The van der Waals surface area contributed by atoms with Crippen LogP contribution in [0.25, 0.3) is 22.8 Å². The van der Waals surface area contributed by atoms with Crippen LogP contribution >= 0.6 is 0 Å². The van der Waals surface area contributed by atoms with E-state index >= 15 is 0 Å². The average Bonchev–Trinajstić information content (AvgIpc) is 3.81. The lowest BCUT2D eigenvalue weighted by Crippen LogP contribution is -2.46. The van der Waals surface area contributed by atoms with Crippen LogP contribution < -0.4 is 16.0 Å². The summed E-state index contributed by atoms with van der Waals surface area (Å²) in [5, 5.41) is 8.56. The zero-order valence-corrected chi connectivity index (χ0v) is 27.4. The summed E-state index contributed by atoms with van der Waals surface area (Å²) < 4.78 is 51.4. The van der Waals surface area contributed by atoms with E-state index in [4.69, 9.17) is 9.15 Å². The normalized spacial score (nSPS) is 24.0. The van der Waals surface area contributed by atoms with Crippen molar-refractivity contribution in [3.05, 3.63) is 65.4 Å². The Kier molecular flexibility index (Phi) is 10.0. The van der Waals surface area contributed by atoms with Crippen molar-refractivity contribution in [2.24, 2.45) is 0 Å². The second kappa shape index (κ2) is 14.2. The number of amides is 2. The van der Waals surface area contributed by atoms with Crippen LogP contribution in [0.2, 0.25) is 0 Å². The Bertz CT molecular complexity index is 1690. The molecule has 4 heterocycles. The molecule has 252 valence electrons. The Labute approximate surface area is 274 Å². The lowest BCUT2D eigenvalue weighted by molar-refractivity contribution is -0.123. The molecule has 0 saturated carbocycles. The summed E-state index contributed by atoms with van der Waals surface area (Å²) in [7, 11) is -3.60. The molecule has 3 fully saturated rings. The molecular weight excluding hydrogens is 627 g/mol. The molecule has 2 aromatic carbocycles. The number of benzene rings is 2. The highest BCUT2D eigenvalue weighted by molar-refractivity contribution is 7.88. The molecular formula is C33H41FN6O6S. The van der Waals surface area contributed by atoms with E-state index in [0.29, 0.717) is 23.6 Å². The Balaban J connectivity index is 1.05. The van der Waals surface area contributed by atoms with Crippen LogP contribution in [0.3, 0.4) is 0 Å². The van der Waals surface area contributed by atoms with Gasteiger partial charge in [0, 0.05) is 74.5 Å². The summed E-state index contributed by atoms with van der Waals surface area (Å²) in [6, 6.07) is 11.9. The van der Waals surface area contributed by atoms with E-state index in [1.807, 2.05) is 25.1 Å². The Morgan fingerprint density at radius 3 is 2.51 bits per heavy atom. The zero-order chi connectivity index (χ0) is 33.1. The number of rotatable bonds is 10. The van der Waals surface area contributed by atoms with Crippen molar-refractivity contribution in [2.45, 2.75) is 50.6 Å². The van der Waals surface area contributed by atoms with Crippen LogP contribution in [0, 0.1) is 6.92 Å². The number of nitrogens with zero attached hydrogens (tertiary/aromatic N) is 3. The van der Waals surface area contributed by atoms with Gasteiger partial charge in [-0.05, 0) is 48.7 Å². The molecule has 3 aliphatic rings. The number of alkyl halides is 1. The Morgan fingerprint density at radius 2 is 1.83 bits per heavy atom. The van der Waals surface area contributed by atoms with Gasteiger partial charge < -0.3 is 25.1 Å². The number of hydrogen-bond acceptors (Lipinski definition) is 9. The number of nitrogens with one attached hydrogen (secondary N) is 3. The lowest BCUT2D eigenvalue weighted by atomic mass is 10.0. The topological polar surface area (TPSA) is 146 Å². The van der Waals surface area contributed by atoms with Gasteiger partial charge in [-0.2, -0.15) is 4.31 Å². The van der Waals surface area contributed by atoms with Crippen molar-refractivity contribution in [2.75, 3.05) is 52.2 Å². The largest absolute Gasteiger partial charge is 0.436 e. The van der Waals surface area contributed by atoms with Crippen LogP contribution in [0.4, 0.5) is 4.39 Å². The Hall–Kier alpha value is -3.69. The summed E-state index contributed by atoms with van der Waals surface area (Å²) in [4.78, 5) is 32.6. The lowest BCUT2D eigenvalue weighted by Gasteiger charge is -2.26. The van der Waals surface area contributed by atoms with Crippen molar-refractivity contribution in [1.82, 2.24) is 30.1 Å². The predicted molar refractivity (Wildman–Crippen MR) is 174 cm³/mol. The summed E-state index contributed by atoms with van der Waals surface area (Å²) in [6.45, 7) is 6.36. The van der Waals surface area contributed by atoms with E-state index in [1.165, 1.54) is 9.87 Å². The first kappa shape index (κ1) is 33.2. The number of ether oxygens (including phenoxy) is 1. The highest BCUT2D eigenvalue weighted by Crippen LogP contribution is 2.28. The van der Waals surface area contributed by atoms with Gasteiger partial charge in [0.05, 0.1) is 31.7 Å². The second-order valence-corrected chi connectivity index (χ2v) is 14.5. The molecule has 3 N–H and O–H groups in total. The van der Waals surface area contributed by atoms with Gasteiger partial charge in [-0.25, -0.2) is 17.8 Å². The molecule has 0 radical (unpaired) electrons. The molecule has 6 rings (SSSR count). The van der Waals surface area contributed by atoms with Crippen molar-refractivity contribution in [3.63, 3.8) is 0 Å². The van der Waals surface area contributed by atoms with Gasteiger partial charge in [0.2, 0.25) is 21.8 Å². The smallest absolute Gasteiger partial charge is 0.251 e. The standard InChI is InChI=1S/C33H41FN6O6S/c1-21-13-24(30-18-37-33(46-30)23-5-3-22(4-6-23)19-39-9-11-45-12-10-39)7-8-28(21)31(41)36-17-27-15-26(20-40(27)47(2,43)44)38-32(42)29-14-25(34)16-35-29/h3-8,13,18,25-27,29,35H,9-12,14-17,19-20H2,1-2H3,(H,36,41)(H,38,42)/t25-,26+,27+,29-/m0/s1. The van der Waals surface area contributed by atoms with Crippen LogP contribution in [0.15, 0.2) is 53.1 Å². The van der Waals surface area contributed by atoms with Crippen LogP contribution in [-0.4, -0.2) is 111 Å². The first-order valence-electron chi connectivity index (χ1n) is 15.9. The van der Waals surface area contributed by atoms with Gasteiger partial charge in [0.25, 0.3) is 5.91 Å². The van der Waals surface area contributed by atoms with Gasteiger partial charge in [0.1, 0.15) is 6.17 Å². The number of aromatic nitrogens is 1. The third-order valence-electron chi connectivity index (χ3n) is 9.00. The molecule has 3 saturated heterocycles. The van der Waals surface area contributed by atoms with E-state index in [0.717, 1.165) is 55.8 Å². The fraction of sp³-hybridized carbons (Fsp3) is 0.485. The quantitative estimate of drug-likeness (QED) is 0.296. The maximum Gasteiger partial charge on any atom is 0.251 e.